The summed E-state index contributed by atoms with van der Waals surface area (Å²) in [5, 5.41) is 11.4. The summed E-state index contributed by atoms with van der Waals surface area (Å²) in [5.74, 6) is 3.30. The molecule has 0 spiro atoms. The molecule has 1 aliphatic heterocycles. The van der Waals surface area contributed by atoms with Crippen LogP contribution < -0.4 is 11.1 Å². The van der Waals surface area contributed by atoms with Gasteiger partial charge < -0.3 is 10.5 Å². The number of ether oxygens (including phenoxy) is 1. The molecule has 1 saturated carbocycles. The maximum Gasteiger partial charge on any atom is 0.445 e. The van der Waals surface area contributed by atoms with E-state index in [2.05, 4.69) is 26.9 Å². The van der Waals surface area contributed by atoms with Gasteiger partial charge in [0.2, 0.25) is 0 Å². The number of nitrogens with two attached hydrogens (primary N) is 1. The summed E-state index contributed by atoms with van der Waals surface area (Å²) in [6.45, 7) is 0. The van der Waals surface area contributed by atoms with Gasteiger partial charge in [-0.2, -0.15) is 18.4 Å². The number of nitriles is 1. The van der Waals surface area contributed by atoms with E-state index in [9.17, 15) is 27.6 Å². The summed E-state index contributed by atoms with van der Waals surface area (Å²) >= 11 is 0. The highest BCUT2D eigenvalue weighted by molar-refractivity contribution is 5.90. The smallest absolute Gasteiger partial charge is 0.415 e. The second-order valence-electron chi connectivity index (χ2n) is 7.25. The predicted molar refractivity (Wildman–Crippen MR) is 101 cm³/mol. The molecule has 4 rings (SSSR count). The Kier molecular flexibility index (Phi) is 4.74. The van der Waals surface area contributed by atoms with Crippen LogP contribution in [0.4, 0.5) is 33.9 Å². The number of halogens is 4. The number of benzene rings is 1. The van der Waals surface area contributed by atoms with Crippen molar-refractivity contribution >= 4 is 17.6 Å². The number of alkyl halides is 3. The highest BCUT2D eigenvalue weighted by Crippen LogP contribution is 2.48. The van der Waals surface area contributed by atoms with Gasteiger partial charge in [-0.15, -0.1) is 0 Å². The quantitative estimate of drug-likeness (QED) is 0.554. The lowest BCUT2D eigenvalue weighted by molar-refractivity contribution is -0.239. The molecule has 1 amide bonds. The number of carbonyl (C=O) groups is 1. The van der Waals surface area contributed by atoms with Crippen LogP contribution in [0.5, 0.6) is 0 Å². The van der Waals surface area contributed by atoms with Gasteiger partial charge in [-0.1, -0.05) is 5.92 Å². The first-order valence-electron chi connectivity index (χ1n) is 9.20. The zero-order valence-corrected chi connectivity index (χ0v) is 15.8. The predicted octanol–water partition coefficient (Wildman–Crippen LogP) is 4.00. The Morgan fingerprint density at radius 3 is 2.71 bits per heavy atom. The van der Waals surface area contributed by atoms with Crippen molar-refractivity contribution in [3.63, 3.8) is 0 Å². The van der Waals surface area contributed by atoms with Crippen molar-refractivity contribution in [2.45, 2.75) is 31.0 Å². The van der Waals surface area contributed by atoms with E-state index in [1.165, 1.54) is 12.3 Å². The molecule has 1 aliphatic carbocycles. The van der Waals surface area contributed by atoms with Crippen molar-refractivity contribution < 1.29 is 27.1 Å². The molecule has 3 N–H and O–H groups in total. The molecule has 1 aromatic heterocycles. The third-order valence-electron chi connectivity index (χ3n) is 5.04. The van der Waals surface area contributed by atoms with E-state index in [0.29, 0.717) is 24.5 Å². The Morgan fingerprint density at radius 2 is 2.06 bits per heavy atom. The topological polar surface area (TPSA) is 101 Å². The van der Waals surface area contributed by atoms with E-state index in [4.69, 9.17) is 5.73 Å². The minimum absolute atomic E-state index is 0.0342. The lowest BCUT2D eigenvalue weighted by atomic mass is 9.88. The monoisotopic (exact) mass is 430 g/mol. The molecule has 0 radical (unpaired) electrons. The van der Waals surface area contributed by atoms with Gasteiger partial charge in [0.25, 0.3) is 5.60 Å². The van der Waals surface area contributed by atoms with Crippen LogP contribution in [0, 0.1) is 34.9 Å². The Hall–Kier alpha value is -3.79. The first-order valence-corrected chi connectivity index (χ1v) is 9.20. The molecule has 0 bridgehead atoms. The third kappa shape index (κ3) is 3.61. The number of aromatic nitrogens is 1. The zero-order chi connectivity index (χ0) is 22.4. The number of amides is 1. The molecule has 1 atom stereocenters. The largest absolute Gasteiger partial charge is 0.445 e. The third-order valence-corrected chi connectivity index (χ3v) is 5.04. The number of hydrogen-bond acceptors (Lipinski definition) is 5. The fourth-order valence-electron chi connectivity index (χ4n) is 3.28. The number of nitrogens with zero attached hydrogens (tertiary/aromatic N) is 2. The molecule has 0 unspecified atom stereocenters. The molecule has 0 saturated heterocycles. The highest BCUT2D eigenvalue weighted by Gasteiger charge is 2.62. The van der Waals surface area contributed by atoms with Gasteiger partial charge >= 0.3 is 12.3 Å². The van der Waals surface area contributed by atoms with Crippen LogP contribution in [-0.4, -0.2) is 17.3 Å². The van der Waals surface area contributed by atoms with Crippen molar-refractivity contribution in [2.24, 2.45) is 5.92 Å². The van der Waals surface area contributed by atoms with Crippen LogP contribution in [0.2, 0.25) is 0 Å². The molecule has 1 aromatic carbocycles. The molecule has 2 aliphatic rings. The molecule has 1 fully saturated rings. The molecule has 10 heteroatoms. The highest BCUT2D eigenvalue weighted by atomic mass is 19.4. The van der Waals surface area contributed by atoms with Crippen LogP contribution in [0.15, 0.2) is 24.4 Å². The molecule has 31 heavy (non-hydrogen) atoms. The van der Waals surface area contributed by atoms with Gasteiger partial charge in [0.15, 0.2) is 0 Å². The van der Waals surface area contributed by atoms with Gasteiger partial charge in [0, 0.05) is 24.1 Å². The summed E-state index contributed by atoms with van der Waals surface area (Å²) in [6.07, 6.45) is -3.95. The van der Waals surface area contributed by atoms with Crippen LogP contribution in [0.1, 0.15) is 35.1 Å². The van der Waals surface area contributed by atoms with E-state index in [0.717, 1.165) is 6.07 Å². The molecule has 2 aromatic rings. The number of anilines is 2. The first kappa shape index (κ1) is 20.5. The lowest BCUT2D eigenvalue weighted by Gasteiger charge is -2.36. The fourth-order valence-corrected chi connectivity index (χ4v) is 3.28. The van der Waals surface area contributed by atoms with Crippen molar-refractivity contribution in [1.82, 2.24) is 4.98 Å². The van der Waals surface area contributed by atoms with Gasteiger partial charge in [0.05, 0.1) is 11.3 Å². The minimum atomic E-state index is -5.09. The number of carbonyl (C=O) groups excluding carboxylic acids is 1. The Labute approximate surface area is 174 Å². The van der Waals surface area contributed by atoms with Crippen molar-refractivity contribution in [1.29, 1.82) is 5.26 Å². The van der Waals surface area contributed by atoms with E-state index in [1.807, 2.05) is 6.07 Å². The summed E-state index contributed by atoms with van der Waals surface area (Å²) in [7, 11) is 0. The summed E-state index contributed by atoms with van der Waals surface area (Å²) < 4.78 is 61.7. The van der Waals surface area contributed by atoms with Crippen molar-refractivity contribution in [3.8, 4) is 17.9 Å². The van der Waals surface area contributed by atoms with Crippen LogP contribution in [0.25, 0.3) is 0 Å². The maximum atomic E-state index is 14.9. The van der Waals surface area contributed by atoms with Crippen LogP contribution >= 0.6 is 0 Å². The van der Waals surface area contributed by atoms with Crippen LogP contribution in [0.3, 0.4) is 0 Å². The number of hydrogen-bond donors (Lipinski definition) is 2. The lowest BCUT2D eigenvalue weighted by Crippen LogP contribution is -2.49. The number of nitrogens with one attached hydrogen (secondary N) is 1. The normalized spacial score (nSPS) is 19.9. The van der Waals surface area contributed by atoms with Crippen molar-refractivity contribution in [3.05, 3.63) is 52.5 Å². The Bertz CT molecular complexity index is 1190. The van der Waals surface area contributed by atoms with E-state index >= 15 is 0 Å². The minimum Gasteiger partial charge on any atom is -0.415 e. The Morgan fingerprint density at radius 1 is 1.32 bits per heavy atom. The van der Waals surface area contributed by atoms with Crippen LogP contribution in [-0.2, 0) is 16.8 Å². The number of nitrogen functional groups attached to an aromatic ring is 1. The number of rotatable bonds is 2. The van der Waals surface area contributed by atoms with E-state index in [1.54, 1.807) is 0 Å². The summed E-state index contributed by atoms with van der Waals surface area (Å²) in [6, 6.07) is 5.08. The Balaban J connectivity index is 1.83. The summed E-state index contributed by atoms with van der Waals surface area (Å²) in [5.41, 5.74) is 1.81. The van der Waals surface area contributed by atoms with Gasteiger partial charge in [-0.25, -0.2) is 14.2 Å². The summed E-state index contributed by atoms with van der Waals surface area (Å²) in [4.78, 5) is 15.8. The molecular formula is C21H14F4N4O2. The van der Waals surface area contributed by atoms with E-state index < -0.39 is 29.3 Å². The fraction of sp³-hybridized carbons (Fsp3) is 0.286. The van der Waals surface area contributed by atoms with Gasteiger partial charge in [-0.3, -0.25) is 5.32 Å². The van der Waals surface area contributed by atoms with Gasteiger partial charge in [-0.05, 0) is 48.1 Å². The first-order chi connectivity index (χ1) is 14.6. The molecule has 158 valence electrons. The second kappa shape index (κ2) is 7.17. The molecule has 6 nitrogen and oxygen atoms in total. The zero-order valence-electron chi connectivity index (χ0n) is 15.8. The second-order valence-corrected chi connectivity index (χ2v) is 7.25. The number of pyridine rings is 1. The molecular weight excluding hydrogens is 416 g/mol. The average molecular weight is 430 g/mol. The molecule has 2 heterocycles. The standard InChI is InChI=1S/C21H14F4N4O2/c22-16-9-15-17(8-13(16)7-12-4-6-28-18(27)14(12)10-26)29-19(30)31-20(15,21(23,24)25)5-3-11-1-2-11/h4,6,8-9,11H,1-2,7H2,(H2,27,28)(H,29,30)/t20-/m0/s1. The van der Waals surface area contributed by atoms with Gasteiger partial charge in [0.1, 0.15) is 17.7 Å². The van der Waals surface area contributed by atoms with E-state index in [-0.39, 0.29) is 35.0 Å². The SMILES string of the molecule is N#Cc1c(Cc2cc3c(cc2F)[C@@](C#CC2CC2)(C(F)(F)F)OC(=O)N3)ccnc1N. The number of fused-ring (bicyclic) bond motifs is 1. The van der Waals surface area contributed by atoms with Crippen molar-refractivity contribution in [2.75, 3.05) is 11.1 Å². The maximum absolute atomic E-state index is 14.9. The number of cyclic esters (lactones) is 1. The average Bonchev–Trinajstić information content (AvgIpc) is 3.51.